The zero-order chi connectivity index (χ0) is 28.7. The number of halogens is 4. The van der Waals surface area contributed by atoms with Gasteiger partial charge in [0.2, 0.25) is 0 Å². The molecule has 0 spiro atoms. The third-order valence-electron chi connectivity index (χ3n) is 5.64. The van der Waals surface area contributed by atoms with E-state index in [1.54, 1.807) is 36.5 Å². The number of carbonyl (C=O) groups excluding carboxylic acids is 1. The molecule has 3 aromatic carbocycles. The zero-order valence-corrected chi connectivity index (χ0v) is 20.7. The minimum absolute atomic E-state index is 0.00000107. The summed E-state index contributed by atoms with van der Waals surface area (Å²) in [6, 6.07) is 19.1. The van der Waals surface area contributed by atoms with Gasteiger partial charge in [0, 0.05) is 35.0 Å². The highest BCUT2D eigenvalue weighted by Crippen LogP contribution is 2.30. The maximum atomic E-state index is 13.5. The molecule has 206 valence electrons. The number of nitrogens with one attached hydrogen (secondary N) is 1. The maximum absolute atomic E-state index is 13.5. The molecule has 1 aromatic heterocycles. The summed E-state index contributed by atoms with van der Waals surface area (Å²) < 4.78 is 60.9. The lowest BCUT2D eigenvalue weighted by atomic mass is 10.0. The fourth-order valence-corrected chi connectivity index (χ4v) is 3.74. The van der Waals surface area contributed by atoms with Crippen LogP contribution in [0, 0.1) is 5.82 Å². The minimum Gasteiger partial charge on any atom is -0.489 e. The number of pyridine rings is 1. The first kappa shape index (κ1) is 28.1. The van der Waals surface area contributed by atoms with Crippen LogP contribution in [0.1, 0.15) is 22.3 Å². The Bertz CT molecular complexity index is 1470. The molecule has 1 amide bonds. The topological polar surface area (TPSA) is 97.8 Å². The summed E-state index contributed by atoms with van der Waals surface area (Å²) in [6.45, 7) is 0.0347. The number of amides is 1. The monoisotopic (exact) mass is 554 g/mol. The molecule has 11 heteroatoms. The highest BCUT2D eigenvalue weighted by Gasteiger charge is 2.31. The molecule has 2 N–H and O–H groups in total. The van der Waals surface area contributed by atoms with Crippen molar-refractivity contribution >= 4 is 11.9 Å². The lowest BCUT2D eigenvalue weighted by Crippen LogP contribution is -2.25. The minimum atomic E-state index is -4.80. The van der Waals surface area contributed by atoms with E-state index in [0.717, 1.165) is 0 Å². The Morgan fingerprint density at radius 2 is 1.48 bits per heavy atom. The van der Waals surface area contributed by atoms with Crippen LogP contribution >= 0.6 is 0 Å². The lowest BCUT2D eigenvalue weighted by molar-refractivity contribution is -0.274. The van der Waals surface area contributed by atoms with Crippen LogP contribution in [0.3, 0.4) is 0 Å². The van der Waals surface area contributed by atoms with Crippen LogP contribution in [-0.2, 0) is 11.4 Å². The number of ether oxygens (including phenoxy) is 2. The molecule has 0 aliphatic heterocycles. The molecular formula is C29H22F4N2O5. The van der Waals surface area contributed by atoms with E-state index in [1.165, 1.54) is 48.5 Å². The van der Waals surface area contributed by atoms with Gasteiger partial charge >= 0.3 is 12.3 Å². The summed E-state index contributed by atoms with van der Waals surface area (Å²) in [5, 5.41) is 11.2. The maximum Gasteiger partial charge on any atom is 0.573 e. The molecule has 0 saturated carbocycles. The van der Waals surface area contributed by atoms with Gasteiger partial charge in [-0.1, -0.05) is 12.1 Å². The molecule has 0 bridgehead atoms. The summed E-state index contributed by atoms with van der Waals surface area (Å²) in [4.78, 5) is 27.3. The molecule has 0 unspecified atom stereocenters. The Hall–Kier alpha value is -4.93. The van der Waals surface area contributed by atoms with E-state index >= 15 is 0 Å². The van der Waals surface area contributed by atoms with E-state index in [-0.39, 0.29) is 25.3 Å². The van der Waals surface area contributed by atoms with E-state index in [2.05, 4.69) is 15.0 Å². The first-order valence-corrected chi connectivity index (χ1v) is 11.9. The van der Waals surface area contributed by atoms with Crippen molar-refractivity contribution in [2.75, 3.05) is 6.54 Å². The second-order valence-electron chi connectivity index (χ2n) is 8.52. The summed E-state index contributed by atoms with van der Waals surface area (Å²) in [5.41, 5.74) is 3.30. The SMILES string of the molecule is O=C(O)CCNC(=O)c1ccc(OCc2cc(-c3ccc(OC(F)(F)F)cc3)cnc2-c2ccc(F)cc2)cc1. The number of rotatable bonds is 10. The van der Waals surface area contributed by atoms with Gasteiger partial charge in [-0.15, -0.1) is 13.2 Å². The standard InChI is InChI=1S/C29H22F4N2O5/c30-23-7-1-19(2-8-23)27-22(15-21(16-35-27)18-3-11-25(12-4-18)40-29(31,32)33)17-39-24-9-5-20(6-10-24)28(38)34-14-13-26(36)37/h1-12,15-16H,13-14,17H2,(H,34,38)(H,36,37). The molecule has 0 fully saturated rings. The highest BCUT2D eigenvalue weighted by molar-refractivity contribution is 5.94. The second kappa shape index (κ2) is 12.3. The van der Waals surface area contributed by atoms with Crippen molar-refractivity contribution in [3.8, 4) is 33.9 Å². The fraction of sp³-hybridized carbons (Fsp3) is 0.138. The third kappa shape index (κ3) is 7.79. The zero-order valence-electron chi connectivity index (χ0n) is 20.7. The third-order valence-corrected chi connectivity index (χ3v) is 5.64. The Labute approximate surface area is 226 Å². The number of carbonyl (C=O) groups is 2. The summed E-state index contributed by atoms with van der Waals surface area (Å²) in [6.07, 6.45) is -3.44. The van der Waals surface area contributed by atoms with Crippen LogP contribution in [0.5, 0.6) is 11.5 Å². The lowest BCUT2D eigenvalue weighted by Gasteiger charge is -2.14. The van der Waals surface area contributed by atoms with Crippen molar-refractivity contribution in [1.29, 1.82) is 0 Å². The smallest absolute Gasteiger partial charge is 0.489 e. The molecule has 0 radical (unpaired) electrons. The van der Waals surface area contributed by atoms with E-state index < -0.39 is 24.1 Å². The highest BCUT2D eigenvalue weighted by atomic mass is 19.4. The van der Waals surface area contributed by atoms with Crippen LogP contribution in [0.2, 0.25) is 0 Å². The van der Waals surface area contributed by atoms with Crippen LogP contribution in [0.25, 0.3) is 22.4 Å². The largest absolute Gasteiger partial charge is 0.573 e. The average Bonchev–Trinajstić information content (AvgIpc) is 2.92. The molecule has 4 aromatic rings. The number of carboxylic acids is 1. The molecule has 1 heterocycles. The number of hydrogen-bond donors (Lipinski definition) is 2. The molecule has 0 atom stereocenters. The number of aromatic nitrogens is 1. The van der Waals surface area contributed by atoms with Gasteiger partial charge in [0.15, 0.2) is 0 Å². The first-order chi connectivity index (χ1) is 19.1. The van der Waals surface area contributed by atoms with Gasteiger partial charge in [0.05, 0.1) is 12.1 Å². The van der Waals surface area contributed by atoms with Gasteiger partial charge in [-0.3, -0.25) is 14.6 Å². The number of benzene rings is 3. The Morgan fingerprint density at radius 3 is 2.10 bits per heavy atom. The van der Waals surface area contributed by atoms with Gasteiger partial charge < -0.3 is 19.9 Å². The predicted octanol–water partition coefficient (Wildman–Crippen LogP) is 6.24. The van der Waals surface area contributed by atoms with Gasteiger partial charge in [-0.25, -0.2) is 4.39 Å². The Balaban J connectivity index is 1.54. The van der Waals surface area contributed by atoms with Gasteiger partial charge in [0.1, 0.15) is 23.9 Å². The van der Waals surface area contributed by atoms with Crippen molar-refractivity contribution in [2.24, 2.45) is 0 Å². The quantitative estimate of drug-likeness (QED) is 0.225. The van der Waals surface area contributed by atoms with Gasteiger partial charge in [-0.05, 0) is 72.3 Å². The van der Waals surface area contributed by atoms with Crippen molar-refractivity contribution in [1.82, 2.24) is 10.3 Å². The van der Waals surface area contributed by atoms with Crippen molar-refractivity contribution < 1.29 is 41.7 Å². The van der Waals surface area contributed by atoms with Crippen LogP contribution in [-0.4, -0.2) is 34.9 Å². The van der Waals surface area contributed by atoms with Crippen LogP contribution < -0.4 is 14.8 Å². The molecule has 7 nitrogen and oxygen atoms in total. The van der Waals surface area contributed by atoms with Crippen LogP contribution in [0.15, 0.2) is 85.1 Å². The fourth-order valence-electron chi connectivity index (χ4n) is 3.74. The van der Waals surface area contributed by atoms with Gasteiger partial charge in [-0.2, -0.15) is 0 Å². The van der Waals surface area contributed by atoms with E-state index in [4.69, 9.17) is 9.84 Å². The number of nitrogens with zero attached hydrogens (tertiary/aromatic N) is 1. The van der Waals surface area contributed by atoms with E-state index in [0.29, 0.717) is 39.3 Å². The van der Waals surface area contributed by atoms with E-state index in [1.807, 2.05) is 0 Å². The molecule has 0 aliphatic carbocycles. The summed E-state index contributed by atoms with van der Waals surface area (Å²) in [7, 11) is 0. The Morgan fingerprint density at radius 1 is 0.850 bits per heavy atom. The second-order valence-corrected chi connectivity index (χ2v) is 8.52. The van der Waals surface area contributed by atoms with Gasteiger partial charge in [0.25, 0.3) is 5.91 Å². The first-order valence-electron chi connectivity index (χ1n) is 11.9. The summed E-state index contributed by atoms with van der Waals surface area (Å²) >= 11 is 0. The molecular weight excluding hydrogens is 532 g/mol. The molecule has 0 aliphatic rings. The van der Waals surface area contributed by atoms with E-state index in [9.17, 15) is 27.2 Å². The Kier molecular flexibility index (Phi) is 8.63. The van der Waals surface area contributed by atoms with Crippen molar-refractivity contribution in [3.63, 3.8) is 0 Å². The summed E-state index contributed by atoms with van der Waals surface area (Å²) in [5.74, 6) is -1.77. The van der Waals surface area contributed by atoms with Crippen LogP contribution in [0.4, 0.5) is 17.6 Å². The number of alkyl halides is 3. The predicted molar refractivity (Wildman–Crippen MR) is 137 cm³/mol. The molecule has 0 saturated heterocycles. The molecule has 4 rings (SSSR count). The normalized spacial score (nSPS) is 11.1. The van der Waals surface area contributed by atoms with Crippen molar-refractivity contribution in [2.45, 2.75) is 19.4 Å². The average molecular weight is 554 g/mol. The number of aliphatic carboxylic acids is 1. The number of hydrogen-bond acceptors (Lipinski definition) is 5. The molecule has 40 heavy (non-hydrogen) atoms. The number of carboxylic acid groups (broad SMARTS) is 1. The van der Waals surface area contributed by atoms with Crippen molar-refractivity contribution in [3.05, 3.63) is 102 Å².